The molecule has 25 heavy (non-hydrogen) atoms. The second kappa shape index (κ2) is 9.35. The van der Waals surface area contributed by atoms with Crippen molar-refractivity contribution in [1.29, 1.82) is 0 Å². The summed E-state index contributed by atoms with van der Waals surface area (Å²) in [4.78, 5) is 13.3. The first-order valence-electron chi connectivity index (χ1n) is 8.93. The van der Waals surface area contributed by atoms with Crippen LogP contribution in [-0.2, 0) is 6.42 Å². The molecule has 3 nitrogen and oxygen atoms in total. The molecule has 2 aromatic rings. The Morgan fingerprint density at radius 3 is 2.36 bits per heavy atom. The summed E-state index contributed by atoms with van der Waals surface area (Å²) in [5, 5.41) is 8.91. The molecule has 0 saturated heterocycles. The van der Waals surface area contributed by atoms with Gasteiger partial charge in [-0.2, -0.15) is 0 Å². The number of carboxylic acids is 1. The van der Waals surface area contributed by atoms with Crippen LogP contribution in [0.2, 0.25) is 0 Å². The molecule has 2 rings (SSSR count). The summed E-state index contributed by atoms with van der Waals surface area (Å²) in [6.45, 7) is 2.19. The number of carboxylic acid groups (broad SMARTS) is 1. The number of rotatable bonds is 10. The molecule has 0 fully saturated rings. The lowest BCUT2D eigenvalue weighted by Crippen LogP contribution is -1.99. The van der Waals surface area contributed by atoms with Crippen molar-refractivity contribution in [1.82, 2.24) is 4.98 Å². The highest BCUT2D eigenvalue weighted by atomic mass is 19.1. The van der Waals surface area contributed by atoms with Crippen molar-refractivity contribution in [3.63, 3.8) is 0 Å². The number of hydrogen-bond acceptors (Lipinski definition) is 1. The standard InChI is InChI=1S/C20H25F2NO2/c1-2-3-4-5-6-7-8-9-14-10-11-17(21)15(12-14)16-13-23-19(18(16)22)20(24)25/h10-13,23H,2-9H2,1H3,(H,24,25). The van der Waals surface area contributed by atoms with Crippen molar-refractivity contribution in [2.45, 2.75) is 58.3 Å². The van der Waals surface area contributed by atoms with Crippen molar-refractivity contribution in [3.05, 3.63) is 47.3 Å². The van der Waals surface area contributed by atoms with Crippen molar-refractivity contribution in [3.8, 4) is 11.1 Å². The van der Waals surface area contributed by atoms with Gasteiger partial charge in [0.1, 0.15) is 5.82 Å². The van der Waals surface area contributed by atoms with E-state index in [4.69, 9.17) is 5.11 Å². The number of carbonyl (C=O) groups is 1. The van der Waals surface area contributed by atoms with Gasteiger partial charge in [-0.05, 0) is 30.5 Å². The summed E-state index contributed by atoms with van der Waals surface area (Å²) >= 11 is 0. The minimum Gasteiger partial charge on any atom is -0.476 e. The molecule has 0 unspecified atom stereocenters. The quantitative estimate of drug-likeness (QED) is 0.521. The molecule has 136 valence electrons. The fourth-order valence-electron chi connectivity index (χ4n) is 2.98. The summed E-state index contributed by atoms with van der Waals surface area (Å²) in [5.41, 5.74) is 0.437. The van der Waals surface area contributed by atoms with Crippen LogP contribution in [0, 0.1) is 11.6 Å². The largest absolute Gasteiger partial charge is 0.476 e. The van der Waals surface area contributed by atoms with E-state index in [0.29, 0.717) is 0 Å². The van der Waals surface area contributed by atoms with Gasteiger partial charge in [0.15, 0.2) is 11.5 Å². The average molecular weight is 349 g/mol. The van der Waals surface area contributed by atoms with Crippen LogP contribution in [0.15, 0.2) is 24.4 Å². The number of aromatic carboxylic acids is 1. The molecule has 0 radical (unpaired) electrons. The maximum absolute atomic E-state index is 14.2. The fourth-order valence-corrected chi connectivity index (χ4v) is 2.98. The van der Waals surface area contributed by atoms with Crippen molar-refractivity contribution in [2.24, 2.45) is 0 Å². The molecule has 0 spiro atoms. The van der Waals surface area contributed by atoms with Crippen LogP contribution in [0.3, 0.4) is 0 Å². The zero-order chi connectivity index (χ0) is 18.2. The molecule has 5 heteroatoms. The van der Waals surface area contributed by atoms with Crippen LogP contribution in [-0.4, -0.2) is 16.1 Å². The third-order valence-electron chi connectivity index (χ3n) is 4.42. The average Bonchev–Trinajstić information content (AvgIpc) is 2.97. The Morgan fingerprint density at radius 1 is 1.04 bits per heavy atom. The van der Waals surface area contributed by atoms with Crippen LogP contribution in [0.25, 0.3) is 11.1 Å². The molecule has 0 aliphatic heterocycles. The third kappa shape index (κ3) is 5.15. The third-order valence-corrected chi connectivity index (χ3v) is 4.42. The number of unbranched alkanes of at least 4 members (excludes halogenated alkanes) is 6. The Balaban J connectivity index is 2.00. The Morgan fingerprint density at radius 2 is 1.72 bits per heavy atom. The molecule has 0 saturated carbocycles. The SMILES string of the molecule is CCCCCCCCCc1ccc(F)c(-c2c[nH]c(C(=O)O)c2F)c1. The molecule has 1 heterocycles. The highest BCUT2D eigenvalue weighted by Gasteiger charge is 2.20. The summed E-state index contributed by atoms with van der Waals surface area (Å²) in [6.07, 6.45) is 10.4. The molecule has 0 atom stereocenters. The van der Waals surface area contributed by atoms with Gasteiger partial charge in [0.05, 0.1) is 0 Å². The van der Waals surface area contributed by atoms with E-state index in [1.807, 2.05) is 0 Å². The van der Waals surface area contributed by atoms with Gasteiger partial charge in [0.25, 0.3) is 0 Å². The lowest BCUT2D eigenvalue weighted by Gasteiger charge is -2.07. The fraction of sp³-hybridized carbons (Fsp3) is 0.450. The minimum atomic E-state index is -1.40. The zero-order valence-electron chi connectivity index (χ0n) is 14.6. The van der Waals surface area contributed by atoms with E-state index >= 15 is 0 Å². The smallest absolute Gasteiger partial charge is 0.355 e. The summed E-state index contributed by atoms with van der Waals surface area (Å²) in [6, 6.07) is 4.64. The Bertz CT molecular complexity index is 710. The molecular formula is C20H25F2NO2. The van der Waals surface area contributed by atoms with Gasteiger partial charge in [-0.25, -0.2) is 13.6 Å². The first-order chi connectivity index (χ1) is 12.0. The lowest BCUT2D eigenvalue weighted by atomic mass is 10.00. The summed E-state index contributed by atoms with van der Waals surface area (Å²) in [5.74, 6) is -2.89. The van der Waals surface area contributed by atoms with E-state index in [1.54, 1.807) is 12.1 Å². The summed E-state index contributed by atoms with van der Waals surface area (Å²) < 4.78 is 28.2. The van der Waals surface area contributed by atoms with Gasteiger partial charge in [-0.15, -0.1) is 0 Å². The molecule has 1 aromatic carbocycles. The molecule has 0 aliphatic carbocycles. The van der Waals surface area contributed by atoms with Crippen LogP contribution in [0.5, 0.6) is 0 Å². The second-order valence-electron chi connectivity index (χ2n) is 6.38. The van der Waals surface area contributed by atoms with Crippen molar-refractivity contribution in [2.75, 3.05) is 0 Å². The summed E-state index contributed by atoms with van der Waals surface area (Å²) in [7, 11) is 0. The number of aromatic amines is 1. The highest BCUT2D eigenvalue weighted by molar-refractivity contribution is 5.88. The van der Waals surface area contributed by atoms with Crippen LogP contribution in [0.1, 0.15) is 67.9 Å². The van der Waals surface area contributed by atoms with Gasteiger partial charge in [0.2, 0.25) is 0 Å². The number of halogens is 2. The predicted molar refractivity (Wildman–Crippen MR) is 94.8 cm³/mol. The van der Waals surface area contributed by atoms with Gasteiger partial charge in [-0.3, -0.25) is 0 Å². The topological polar surface area (TPSA) is 53.1 Å². The first-order valence-corrected chi connectivity index (χ1v) is 8.93. The van der Waals surface area contributed by atoms with Crippen molar-refractivity contribution < 1.29 is 18.7 Å². The van der Waals surface area contributed by atoms with Gasteiger partial charge >= 0.3 is 5.97 Å². The van der Waals surface area contributed by atoms with Crippen LogP contribution in [0.4, 0.5) is 8.78 Å². The number of aryl methyl sites for hydroxylation is 1. The number of aromatic nitrogens is 1. The first kappa shape index (κ1) is 19.2. The zero-order valence-corrected chi connectivity index (χ0v) is 14.6. The monoisotopic (exact) mass is 349 g/mol. The Labute approximate surface area is 147 Å². The highest BCUT2D eigenvalue weighted by Crippen LogP contribution is 2.29. The molecule has 0 amide bonds. The number of H-pyrrole nitrogens is 1. The van der Waals surface area contributed by atoms with E-state index in [1.165, 1.54) is 44.4 Å². The number of benzene rings is 1. The van der Waals surface area contributed by atoms with E-state index in [0.717, 1.165) is 24.8 Å². The van der Waals surface area contributed by atoms with Crippen molar-refractivity contribution >= 4 is 5.97 Å². The number of hydrogen-bond donors (Lipinski definition) is 2. The normalized spacial score (nSPS) is 11.0. The van der Waals surface area contributed by atoms with Gasteiger partial charge in [0, 0.05) is 17.3 Å². The maximum atomic E-state index is 14.2. The van der Waals surface area contributed by atoms with E-state index in [9.17, 15) is 13.6 Å². The number of nitrogens with one attached hydrogen (secondary N) is 1. The molecule has 0 bridgehead atoms. The van der Waals surface area contributed by atoms with Crippen LogP contribution >= 0.6 is 0 Å². The Kier molecular flexibility index (Phi) is 7.16. The van der Waals surface area contributed by atoms with E-state index in [2.05, 4.69) is 11.9 Å². The molecule has 2 N–H and O–H groups in total. The maximum Gasteiger partial charge on any atom is 0.355 e. The minimum absolute atomic E-state index is 0.0451. The second-order valence-corrected chi connectivity index (χ2v) is 6.38. The van der Waals surface area contributed by atoms with Crippen LogP contribution < -0.4 is 0 Å². The predicted octanol–water partition coefficient (Wildman–Crippen LogP) is 5.95. The molecule has 1 aromatic heterocycles. The van der Waals surface area contributed by atoms with E-state index < -0.39 is 23.3 Å². The lowest BCUT2D eigenvalue weighted by molar-refractivity contribution is 0.0686. The van der Waals surface area contributed by atoms with E-state index in [-0.39, 0.29) is 11.1 Å². The van der Waals surface area contributed by atoms with Gasteiger partial charge in [-0.1, -0.05) is 51.5 Å². The molecule has 0 aliphatic rings. The Hall–Kier alpha value is -2.17. The molecular weight excluding hydrogens is 324 g/mol. The van der Waals surface area contributed by atoms with Gasteiger partial charge < -0.3 is 10.1 Å².